The van der Waals surface area contributed by atoms with Crippen LogP contribution in [0.25, 0.3) is 0 Å². The Bertz CT molecular complexity index is 690. The van der Waals surface area contributed by atoms with Crippen LogP contribution < -0.4 is 0 Å². The number of hydrogen-bond donors (Lipinski definition) is 1. The molecule has 1 saturated carbocycles. The molecule has 0 aromatic rings. The van der Waals surface area contributed by atoms with Gasteiger partial charge in [-0.05, 0) is 50.5 Å². The second-order valence-corrected chi connectivity index (χ2v) is 8.15. The Hall–Kier alpha value is -1.95. The van der Waals surface area contributed by atoms with Crippen molar-refractivity contribution < 1.29 is 19.5 Å². The molecule has 1 heterocycles. The van der Waals surface area contributed by atoms with Gasteiger partial charge in [-0.1, -0.05) is 31.4 Å². The van der Waals surface area contributed by atoms with Crippen molar-refractivity contribution in [1.82, 2.24) is 9.80 Å². The minimum absolute atomic E-state index is 0.0747. The van der Waals surface area contributed by atoms with Gasteiger partial charge in [0.2, 0.25) is 0 Å². The summed E-state index contributed by atoms with van der Waals surface area (Å²) in [5.74, 6) is -0.354. The minimum Gasteiger partial charge on any atom is -0.392 e. The van der Waals surface area contributed by atoms with Crippen LogP contribution in [0, 0.1) is 5.92 Å². The van der Waals surface area contributed by atoms with Gasteiger partial charge in [-0.3, -0.25) is 14.5 Å². The quantitative estimate of drug-likeness (QED) is 0.751. The monoisotopic (exact) mass is 374 g/mol. The molecule has 3 amide bonds. The minimum atomic E-state index is -0.859. The van der Waals surface area contributed by atoms with E-state index in [9.17, 15) is 19.5 Å². The molecule has 27 heavy (non-hydrogen) atoms. The lowest BCUT2D eigenvalue weighted by atomic mass is 9.75. The van der Waals surface area contributed by atoms with Gasteiger partial charge in [0.15, 0.2) is 5.78 Å². The van der Waals surface area contributed by atoms with Gasteiger partial charge in [0.1, 0.15) is 5.54 Å². The van der Waals surface area contributed by atoms with E-state index in [2.05, 4.69) is 0 Å². The van der Waals surface area contributed by atoms with Crippen LogP contribution in [0.1, 0.15) is 58.3 Å². The van der Waals surface area contributed by atoms with Crippen molar-refractivity contribution in [3.8, 4) is 0 Å². The molecule has 2 aliphatic carbocycles. The highest BCUT2D eigenvalue weighted by Gasteiger charge is 2.56. The first-order valence-corrected chi connectivity index (χ1v) is 10.0. The predicted molar refractivity (Wildman–Crippen MR) is 102 cm³/mol. The van der Waals surface area contributed by atoms with Crippen molar-refractivity contribution in [2.24, 2.45) is 5.92 Å². The first kappa shape index (κ1) is 19.8. The summed E-state index contributed by atoms with van der Waals surface area (Å²) in [4.78, 5) is 41.4. The second-order valence-electron chi connectivity index (χ2n) is 8.15. The van der Waals surface area contributed by atoms with Crippen LogP contribution in [-0.2, 0) is 9.59 Å². The van der Waals surface area contributed by atoms with E-state index in [0.29, 0.717) is 5.57 Å². The van der Waals surface area contributed by atoms with Gasteiger partial charge in [0.25, 0.3) is 5.91 Å². The molecule has 6 heteroatoms. The third kappa shape index (κ3) is 3.59. The van der Waals surface area contributed by atoms with Crippen LogP contribution in [0.15, 0.2) is 23.3 Å². The van der Waals surface area contributed by atoms with E-state index in [1.165, 1.54) is 11.3 Å². The lowest BCUT2D eigenvalue weighted by Crippen LogP contribution is -2.52. The van der Waals surface area contributed by atoms with Gasteiger partial charge in [-0.25, -0.2) is 4.79 Å². The zero-order chi connectivity index (χ0) is 19.6. The average Bonchev–Trinajstić information content (AvgIpc) is 2.89. The maximum atomic E-state index is 13.2. The van der Waals surface area contributed by atoms with E-state index < -0.39 is 5.54 Å². The lowest BCUT2D eigenvalue weighted by Gasteiger charge is -2.38. The molecule has 1 unspecified atom stereocenters. The maximum absolute atomic E-state index is 13.2. The number of amides is 3. The Kier molecular flexibility index (Phi) is 5.84. The summed E-state index contributed by atoms with van der Waals surface area (Å²) in [6.07, 6.45) is 11.2. The van der Waals surface area contributed by atoms with E-state index in [1.807, 2.05) is 13.0 Å². The van der Waals surface area contributed by atoms with Crippen LogP contribution in [-0.4, -0.2) is 58.4 Å². The number of urea groups is 1. The van der Waals surface area contributed by atoms with Gasteiger partial charge in [-0.2, -0.15) is 0 Å². The number of aliphatic hydroxyl groups is 1. The molecular formula is C21H30N2O4. The fourth-order valence-corrected chi connectivity index (χ4v) is 4.63. The zero-order valence-electron chi connectivity index (χ0n) is 16.4. The number of nitrogens with zero attached hydrogens (tertiary/aromatic N) is 2. The molecule has 1 atom stereocenters. The number of imide groups is 1. The van der Waals surface area contributed by atoms with E-state index in [-0.39, 0.29) is 36.8 Å². The topological polar surface area (TPSA) is 77.9 Å². The number of carbonyl (C=O) groups is 3. The molecular weight excluding hydrogens is 344 g/mol. The predicted octanol–water partition coefficient (Wildman–Crippen LogP) is 2.82. The fraction of sp³-hybridized carbons (Fsp3) is 0.667. The van der Waals surface area contributed by atoms with Crippen LogP contribution in [0.3, 0.4) is 0 Å². The molecule has 0 aromatic carbocycles. The summed E-state index contributed by atoms with van der Waals surface area (Å²) >= 11 is 0. The van der Waals surface area contributed by atoms with Crippen LogP contribution in [0.5, 0.6) is 0 Å². The Labute approximate surface area is 160 Å². The van der Waals surface area contributed by atoms with E-state index in [1.54, 1.807) is 13.1 Å². The van der Waals surface area contributed by atoms with Crippen molar-refractivity contribution >= 4 is 17.7 Å². The van der Waals surface area contributed by atoms with E-state index >= 15 is 0 Å². The summed E-state index contributed by atoms with van der Waals surface area (Å²) in [6, 6.07) is -0.387. The molecule has 2 fully saturated rings. The average molecular weight is 374 g/mol. The summed E-state index contributed by atoms with van der Waals surface area (Å²) in [5, 5.41) is 9.40. The molecule has 6 nitrogen and oxygen atoms in total. The summed E-state index contributed by atoms with van der Waals surface area (Å²) in [6.45, 7) is 1.54. The van der Waals surface area contributed by atoms with Gasteiger partial charge in [0.05, 0.1) is 13.2 Å². The van der Waals surface area contributed by atoms with Crippen LogP contribution >= 0.6 is 0 Å². The third-order valence-electron chi connectivity index (χ3n) is 6.55. The van der Waals surface area contributed by atoms with Crippen LogP contribution in [0.4, 0.5) is 4.79 Å². The Morgan fingerprint density at radius 3 is 2.59 bits per heavy atom. The fourth-order valence-electron chi connectivity index (χ4n) is 4.63. The SMILES string of the molecule is CN1C(=O)N(CC(=O)C2=CCCCC(CO)=C2)C(=O)C1(C)C1CCCCC1. The van der Waals surface area contributed by atoms with Gasteiger partial charge in [0, 0.05) is 12.6 Å². The number of carbonyl (C=O) groups excluding carboxylic acids is 3. The van der Waals surface area contributed by atoms with Crippen molar-refractivity contribution in [1.29, 1.82) is 0 Å². The van der Waals surface area contributed by atoms with Crippen molar-refractivity contribution in [2.45, 2.75) is 63.8 Å². The molecule has 0 radical (unpaired) electrons. The number of likely N-dealkylation sites (N-methyl/N-ethyl adjacent to an activating group) is 1. The number of hydrogen-bond acceptors (Lipinski definition) is 4. The lowest BCUT2D eigenvalue weighted by molar-refractivity contribution is -0.137. The highest BCUT2D eigenvalue weighted by molar-refractivity contribution is 6.11. The number of allylic oxidation sites excluding steroid dienone is 2. The number of rotatable bonds is 5. The molecule has 1 saturated heterocycles. The van der Waals surface area contributed by atoms with Crippen molar-refractivity contribution in [3.05, 3.63) is 23.3 Å². The molecule has 1 aliphatic heterocycles. The van der Waals surface area contributed by atoms with Gasteiger partial charge in [-0.15, -0.1) is 0 Å². The highest BCUT2D eigenvalue weighted by atomic mass is 16.3. The highest BCUT2D eigenvalue weighted by Crippen LogP contribution is 2.41. The molecule has 0 spiro atoms. The van der Waals surface area contributed by atoms with Crippen molar-refractivity contribution in [3.63, 3.8) is 0 Å². The van der Waals surface area contributed by atoms with E-state index in [4.69, 9.17) is 0 Å². The standard InChI is InChI=1S/C21H30N2O4/c1-21(17-10-4-3-5-11-17)19(26)23(20(27)22(21)2)13-18(25)16-9-7-6-8-15(12-16)14-24/h9,12,17,24H,3-8,10-11,13-14H2,1-2H3. The Morgan fingerprint density at radius 1 is 1.22 bits per heavy atom. The smallest absolute Gasteiger partial charge is 0.327 e. The summed E-state index contributed by atoms with van der Waals surface area (Å²) < 4.78 is 0. The third-order valence-corrected chi connectivity index (χ3v) is 6.55. The van der Waals surface area contributed by atoms with E-state index in [0.717, 1.165) is 55.4 Å². The summed E-state index contributed by atoms with van der Waals surface area (Å²) in [7, 11) is 1.67. The van der Waals surface area contributed by atoms with Gasteiger partial charge < -0.3 is 10.0 Å². The first-order valence-electron chi connectivity index (χ1n) is 10.0. The molecule has 148 valence electrons. The molecule has 0 aromatic heterocycles. The van der Waals surface area contributed by atoms with Crippen molar-refractivity contribution in [2.75, 3.05) is 20.2 Å². The number of ketones is 1. The molecule has 3 rings (SSSR count). The maximum Gasteiger partial charge on any atom is 0.327 e. The normalized spacial score (nSPS) is 27.5. The second kappa shape index (κ2) is 7.97. The summed E-state index contributed by atoms with van der Waals surface area (Å²) in [5.41, 5.74) is 0.447. The Morgan fingerprint density at radius 2 is 1.93 bits per heavy atom. The first-order chi connectivity index (χ1) is 12.9. The zero-order valence-corrected chi connectivity index (χ0v) is 16.4. The molecule has 0 bridgehead atoms. The number of aliphatic hydroxyl groups excluding tert-OH is 1. The molecule has 1 N–H and O–H groups in total. The largest absolute Gasteiger partial charge is 0.392 e. The van der Waals surface area contributed by atoms with Crippen LogP contribution in [0.2, 0.25) is 0 Å². The van der Waals surface area contributed by atoms with Gasteiger partial charge >= 0.3 is 6.03 Å². The Balaban J connectivity index is 1.78. The molecule has 3 aliphatic rings. The number of Topliss-reactive ketones (excluding diaryl/α,β-unsaturated/α-hetero) is 1.